The lowest BCUT2D eigenvalue weighted by atomic mass is 10.2. The van der Waals surface area contributed by atoms with Crippen molar-refractivity contribution in [3.8, 4) is 0 Å². The zero-order valence-electron chi connectivity index (χ0n) is 11.1. The molecular formula is C14H17N3O. The van der Waals surface area contributed by atoms with Crippen LogP contribution in [0.5, 0.6) is 0 Å². The van der Waals surface area contributed by atoms with Gasteiger partial charge < -0.3 is 0 Å². The van der Waals surface area contributed by atoms with Crippen LogP contribution in [0, 0.1) is 12.8 Å². The minimum absolute atomic E-state index is 0.0152. The van der Waals surface area contributed by atoms with Gasteiger partial charge in [0.15, 0.2) is 0 Å². The monoisotopic (exact) mass is 243 g/mol. The molecule has 4 nitrogen and oxygen atoms in total. The number of rotatable bonds is 2. The van der Waals surface area contributed by atoms with E-state index in [2.05, 4.69) is 9.97 Å². The summed E-state index contributed by atoms with van der Waals surface area (Å²) in [5.74, 6) is 0.402. The van der Waals surface area contributed by atoms with Crippen LogP contribution in [0.3, 0.4) is 0 Å². The first-order valence-corrected chi connectivity index (χ1v) is 6.00. The molecule has 0 N–H and O–H groups in total. The predicted octanol–water partition coefficient (Wildman–Crippen LogP) is 2.56. The molecule has 0 unspecified atom stereocenters. The lowest BCUT2D eigenvalue weighted by Crippen LogP contribution is -2.31. The smallest absolute Gasteiger partial charge is 0.232 e. The van der Waals surface area contributed by atoms with Gasteiger partial charge in [-0.25, -0.2) is 9.97 Å². The predicted molar refractivity (Wildman–Crippen MR) is 72.5 cm³/mol. The lowest BCUT2D eigenvalue weighted by molar-refractivity contribution is -0.121. The van der Waals surface area contributed by atoms with E-state index in [9.17, 15) is 4.79 Å². The van der Waals surface area contributed by atoms with E-state index in [4.69, 9.17) is 0 Å². The standard InChI is InChI=1S/C14H17N3O/c1-9(2)13(18)17(4)14-15-8-11-7-10(3)5-6-12(11)16-14/h5-9H,1-4H3. The van der Waals surface area contributed by atoms with Crippen LogP contribution in [0.1, 0.15) is 19.4 Å². The first kappa shape index (κ1) is 12.5. The Bertz CT molecular complexity index is 593. The number of carbonyl (C=O) groups is 1. The third-order valence-electron chi connectivity index (χ3n) is 2.85. The number of amides is 1. The molecule has 94 valence electrons. The van der Waals surface area contributed by atoms with Gasteiger partial charge in [0.25, 0.3) is 0 Å². The van der Waals surface area contributed by atoms with Gasteiger partial charge in [-0.05, 0) is 19.1 Å². The molecule has 0 saturated heterocycles. The van der Waals surface area contributed by atoms with E-state index in [-0.39, 0.29) is 11.8 Å². The van der Waals surface area contributed by atoms with Crippen LogP contribution in [0.25, 0.3) is 10.9 Å². The summed E-state index contributed by atoms with van der Waals surface area (Å²) in [6.07, 6.45) is 1.76. The molecule has 0 aliphatic heterocycles. The van der Waals surface area contributed by atoms with Gasteiger partial charge in [-0.15, -0.1) is 0 Å². The summed E-state index contributed by atoms with van der Waals surface area (Å²) >= 11 is 0. The molecule has 2 aromatic rings. The zero-order chi connectivity index (χ0) is 13.3. The maximum Gasteiger partial charge on any atom is 0.232 e. The molecular weight excluding hydrogens is 226 g/mol. The summed E-state index contributed by atoms with van der Waals surface area (Å²) in [5, 5.41) is 0.990. The van der Waals surface area contributed by atoms with Crippen molar-refractivity contribution in [2.75, 3.05) is 11.9 Å². The number of hydrogen-bond donors (Lipinski definition) is 0. The van der Waals surface area contributed by atoms with E-state index in [1.54, 1.807) is 13.2 Å². The molecule has 1 aromatic carbocycles. The van der Waals surface area contributed by atoms with Crippen molar-refractivity contribution in [2.24, 2.45) is 5.92 Å². The molecule has 0 radical (unpaired) electrons. The Kier molecular flexibility index (Phi) is 3.28. The van der Waals surface area contributed by atoms with Crippen LogP contribution in [0.4, 0.5) is 5.95 Å². The van der Waals surface area contributed by atoms with Crippen LogP contribution in [0.2, 0.25) is 0 Å². The summed E-state index contributed by atoms with van der Waals surface area (Å²) in [5.41, 5.74) is 2.03. The molecule has 0 saturated carbocycles. The molecule has 0 aliphatic carbocycles. The maximum absolute atomic E-state index is 11.9. The van der Waals surface area contributed by atoms with Crippen molar-refractivity contribution >= 4 is 22.8 Å². The SMILES string of the molecule is Cc1ccc2nc(N(C)C(=O)C(C)C)ncc2c1. The van der Waals surface area contributed by atoms with Crippen molar-refractivity contribution < 1.29 is 4.79 Å². The average molecular weight is 243 g/mol. The van der Waals surface area contributed by atoms with Crippen LogP contribution in [0.15, 0.2) is 24.4 Å². The molecule has 0 fully saturated rings. The Morgan fingerprint density at radius 2 is 2.06 bits per heavy atom. The van der Waals surface area contributed by atoms with Crippen LogP contribution in [-0.4, -0.2) is 22.9 Å². The second-order valence-corrected chi connectivity index (χ2v) is 4.78. The second kappa shape index (κ2) is 4.72. The molecule has 4 heteroatoms. The lowest BCUT2D eigenvalue weighted by Gasteiger charge is -2.17. The van der Waals surface area contributed by atoms with Crippen LogP contribution >= 0.6 is 0 Å². The summed E-state index contributed by atoms with van der Waals surface area (Å²) in [6, 6.07) is 5.98. The average Bonchev–Trinajstić information content (AvgIpc) is 2.36. The number of fused-ring (bicyclic) bond motifs is 1. The van der Waals surface area contributed by atoms with Crippen molar-refractivity contribution in [1.82, 2.24) is 9.97 Å². The van der Waals surface area contributed by atoms with E-state index in [0.29, 0.717) is 5.95 Å². The van der Waals surface area contributed by atoms with Crippen molar-refractivity contribution in [2.45, 2.75) is 20.8 Å². The Hall–Kier alpha value is -1.97. The zero-order valence-corrected chi connectivity index (χ0v) is 11.1. The fourth-order valence-corrected chi connectivity index (χ4v) is 1.79. The molecule has 1 heterocycles. The van der Waals surface area contributed by atoms with Crippen LogP contribution in [-0.2, 0) is 4.79 Å². The van der Waals surface area contributed by atoms with Crippen LogP contribution < -0.4 is 4.90 Å². The molecule has 18 heavy (non-hydrogen) atoms. The number of carbonyl (C=O) groups excluding carboxylic acids is 1. The maximum atomic E-state index is 11.9. The second-order valence-electron chi connectivity index (χ2n) is 4.78. The number of benzene rings is 1. The normalized spacial score (nSPS) is 10.9. The number of anilines is 1. The number of aryl methyl sites for hydroxylation is 1. The van der Waals surface area contributed by atoms with E-state index >= 15 is 0 Å². The Balaban J connectivity index is 2.41. The molecule has 0 atom stereocenters. The van der Waals surface area contributed by atoms with Gasteiger partial charge >= 0.3 is 0 Å². The summed E-state index contributed by atoms with van der Waals surface area (Å²) in [4.78, 5) is 22.0. The van der Waals surface area contributed by atoms with Crippen molar-refractivity contribution in [3.63, 3.8) is 0 Å². The van der Waals surface area contributed by atoms with Crippen molar-refractivity contribution in [3.05, 3.63) is 30.0 Å². The van der Waals surface area contributed by atoms with Gasteiger partial charge in [0.1, 0.15) is 0 Å². The summed E-state index contributed by atoms with van der Waals surface area (Å²) in [7, 11) is 1.71. The quantitative estimate of drug-likeness (QED) is 0.814. The third-order valence-corrected chi connectivity index (χ3v) is 2.85. The highest BCUT2D eigenvalue weighted by Gasteiger charge is 2.16. The van der Waals surface area contributed by atoms with Gasteiger partial charge in [0, 0.05) is 24.5 Å². The summed E-state index contributed by atoms with van der Waals surface area (Å²) in [6.45, 7) is 5.76. The molecule has 1 aromatic heterocycles. The number of aromatic nitrogens is 2. The number of hydrogen-bond acceptors (Lipinski definition) is 3. The van der Waals surface area contributed by atoms with Gasteiger partial charge in [0.2, 0.25) is 11.9 Å². The molecule has 0 spiro atoms. The van der Waals surface area contributed by atoms with Crippen molar-refractivity contribution in [1.29, 1.82) is 0 Å². The topological polar surface area (TPSA) is 46.1 Å². The van der Waals surface area contributed by atoms with Gasteiger partial charge in [-0.2, -0.15) is 0 Å². The minimum Gasteiger partial charge on any atom is -0.284 e. The van der Waals surface area contributed by atoms with Gasteiger partial charge in [-0.1, -0.05) is 25.5 Å². The first-order chi connectivity index (χ1) is 8.49. The Morgan fingerprint density at radius 3 is 2.72 bits per heavy atom. The highest BCUT2D eigenvalue weighted by Crippen LogP contribution is 2.16. The highest BCUT2D eigenvalue weighted by atomic mass is 16.2. The van der Waals surface area contributed by atoms with E-state index < -0.39 is 0 Å². The largest absolute Gasteiger partial charge is 0.284 e. The molecule has 2 rings (SSSR count). The Morgan fingerprint density at radius 1 is 1.33 bits per heavy atom. The molecule has 1 amide bonds. The highest BCUT2D eigenvalue weighted by molar-refractivity contribution is 5.93. The van der Waals surface area contributed by atoms with Gasteiger partial charge in [-0.3, -0.25) is 9.69 Å². The molecule has 0 aliphatic rings. The summed E-state index contributed by atoms with van der Waals surface area (Å²) < 4.78 is 0. The first-order valence-electron chi connectivity index (χ1n) is 6.00. The fourth-order valence-electron chi connectivity index (χ4n) is 1.79. The molecule has 0 bridgehead atoms. The fraction of sp³-hybridized carbons (Fsp3) is 0.357. The van der Waals surface area contributed by atoms with E-state index in [1.807, 2.05) is 39.0 Å². The van der Waals surface area contributed by atoms with E-state index in [1.165, 1.54) is 10.5 Å². The van der Waals surface area contributed by atoms with E-state index in [0.717, 1.165) is 10.9 Å². The Labute approximate surface area is 107 Å². The minimum atomic E-state index is -0.0627. The third kappa shape index (κ3) is 2.32. The van der Waals surface area contributed by atoms with Gasteiger partial charge in [0.05, 0.1) is 5.52 Å². The number of nitrogens with zero attached hydrogens (tertiary/aromatic N) is 3.